The van der Waals surface area contributed by atoms with Crippen LogP contribution in [0.3, 0.4) is 0 Å². The van der Waals surface area contributed by atoms with E-state index >= 15 is 0 Å². The molecule has 2 aliphatic heterocycles. The molecule has 6 heteroatoms. The minimum Gasteiger partial charge on any atom is -0.339 e. The van der Waals surface area contributed by atoms with Crippen molar-refractivity contribution in [1.82, 2.24) is 9.80 Å². The first-order valence-corrected chi connectivity index (χ1v) is 8.97. The fourth-order valence-corrected chi connectivity index (χ4v) is 4.36. The lowest BCUT2D eigenvalue weighted by Gasteiger charge is -2.32. The van der Waals surface area contributed by atoms with Crippen molar-refractivity contribution < 1.29 is 9.59 Å². The molecular weight excluding hydrogens is 292 g/mol. The highest BCUT2D eigenvalue weighted by Crippen LogP contribution is 2.25. The van der Waals surface area contributed by atoms with Crippen LogP contribution in [0.2, 0.25) is 0 Å². The second-order valence-electron chi connectivity index (χ2n) is 5.09. The van der Waals surface area contributed by atoms with Gasteiger partial charge in [-0.1, -0.05) is 6.07 Å². The first-order valence-electron chi connectivity index (χ1n) is 6.94. The number of nitrogens with zero attached hydrogens (tertiary/aromatic N) is 2. The first-order chi connectivity index (χ1) is 9.75. The highest BCUT2D eigenvalue weighted by molar-refractivity contribution is 7.99. The molecule has 0 spiro atoms. The van der Waals surface area contributed by atoms with Gasteiger partial charge in [0, 0.05) is 35.9 Å². The number of thiophene rings is 1. The van der Waals surface area contributed by atoms with E-state index in [1.165, 1.54) is 0 Å². The predicted molar refractivity (Wildman–Crippen MR) is 81.8 cm³/mol. The van der Waals surface area contributed by atoms with Crippen LogP contribution in [0.4, 0.5) is 0 Å². The molecule has 4 nitrogen and oxygen atoms in total. The molecule has 20 heavy (non-hydrogen) atoms. The van der Waals surface area contributed by atoms with Crippen LogP contribution in [0.5, 0.6) is 0 Å². The van der Waals surface area contributed by atoms with Crippen LogP contribution < -0.4 is 0 Å². The van der Waals surface area contributed by atoms with Crippen molar-refractivity contribution in [3.05, 3.63) is 22.4 Å². The Morgan fingerprint density at radius 3 is 2.85 bits per heavy atom. The molecule has 1 aromatic rings. The zero-order valence-electron chi connectivity index (χ0n) is 11.3. The van der Waals surface area contributed by atoms with Gasteiger partial charge < -0.3 is 9.80 Å². The predicted octanol–water partition coefficient (Wildman–Crippen LogP) is 1.81. The van der Waals surface area contributed by atoms with Gasteiger partial charge in [0.25, 0.3) is 0 Å². The minimum absolute atomic E-state index is 0.114. The van der Waals surface area contributed by atoms with Gasteiger partial charge in [0.05, 0.1) is 6.54 Å². The van der Waals surface area contributed by atoms with E-state index in [2.05, 4.69) is 0 Å². The van der Waals surface area contributed by atoms with Gasteiger partial charge in [-0.3, -0.25) is 9.59 Å². The number of thioether (sulfide) groups is 1. The molecule has 1 aromatic heterocycles. The monoisotopic (exact) mass is 310 g/mol. The van der Waals surface area contributed by atoms with Crippen molar-refractivity contribution in [2.24, 2.45) is 0 Å². The highest BCUT2D eigenvalue weighted by atomic mass is 32.2. The standard InChI is InChI=1S/C14H18N2O2S2/c17-13-4-3-12(14(18)15-5-8-19-9-6-15)16(13)10-11-2-1-7-20-11/h1-2,7,12H,3-6,8-10H2/t12-/m1/s1. The molecule has 0 N–H and O–H groups in total. The average Bonchev–Trinajstić information content (AvgIpc) is 3.11. The van der Waals surface area contributed by atoms with Gasteiger partial charge in [0.15, 0.2) is 0 Å². The molecule has 108 valence electrons. The zero-order valence-corrected chi connectivity index (χ0v) is 12.9. The summed E-state index contributed by atoms with van der Waals surface area (Å²) in [6.45, 7) is 2.22. The SMILES string of the molecule is O=C([C@H]1CCC(=O)N1Cc1cccs1)N1CCSCC1. The van der Waals surface area contributed by atoms with E-state index in [9.17, 15) is 9.59 Å². The summed E-state index contributed by atoms with van der Waals surface area (Å²) >= 11 is 3.53. The van der Waals surface area contributed by atoms with E-state index in [0.29, 0.717) is 19.4 Å². The van der Waals surface area contributed by atoms with Gasteiger partial charge in [-0.15, -0.1) is 11.3 Å². The Bertz CT molecular complexity index is 483. The maximum atomic E-state index is 12.6. The smallest absolute Gasteiger partial charge is 0.245 e. The summed E-state index contributed by atoms with van der Waals surface area (Å²) < 4.78 is 0. The Kier molecular flexibility index (Phi) is 4.31. The molecule has 0 saturated carbocycles. The zero-order chi connectivity index (χ0) is 13.9. The summed E-state index contributed by atoms with van der Waals surface area (Å²) in [7, 11) is 0. The van der Waals surface area contributed by atoms with Crippen molar-refractivity contribution in [2.45, 2.75) is 25.4 Å². The molecule has 2 saturated heterocycles. The topological polar surface area (TPSA) is 40.6 Å². The number of carbonyl (C=O) groups is 2. The van der Waals surface area contributed by atoms with Crippen LogP contribution >= 0.6 is 23.1 Å². The number of hydrogen-bond acceptors (Lipinski definition) is 4. The van der Waals surface area contributed by atoms with Gasteiger partial charge in [-0.2, -0.15) is 11.8 Å². The van der Waals surface area contributed by atoms with E-state index < -0.39 is 0 Å². The Balaban J connectivity index is 1.70. The molecule has 0 aliphatic carbocycles. The Morgan fingerprint density at radius 2 is 2.15 bits per heavy atom. The lowest BCUT2D eigenvalue weighted by molar-refractivity contribution is -0.141. The second kappa shape index (κ2) is 6.18. The molecular formula is C14H18N2O2S2. The van der Waals surface area contributed by atoms with E-state index in [0.717, 1.165) is 29.5 Å². The largest absolute Gasteiger partial charge is 0.339 e. The van der Waals surface area contributed by atoms with Crippen LogP contribution in [-0.4, -0.2) is 52.3 Å². The lowest BCUT2D eigenvalue weighted by atomic mass is 10.2. The summed E-state index contributed by atoms with van der Waals surface area (Å²) in [4.78, 5) is 29.5. The molecule has 0 aromatic carbocycles. The molecule has 3 rings (SSSR count). The van der Waals surface area contributed by atoms with Crippen LogP contribution in [0.1, 0.15) is 17.7 Å². The van der Waals surface area contributed by atoms with Gasteiger partial charge in [-0.25, -0.2) is 0 Å². The van der Waals surface area contributed by atoms with E-state index in [1.807, 2.05) is 34.2 Å². The van der Waals surface area contributed by atoms with Crippen LogP contribution in [0.25, 0.3) is 0 Å². The molecule has 2 fully saturated rings. The van der Waals surface area contributed by atoms with E-state index in [-0.39, 0.29) is 17.9 Å². The van der Waals surface area contributed by atoms with E-state index in [1.54, 1.807) is 16.2 Å². The van der Waals surface area contributed by atoms with Crippen LogP contribution in [0, 0.1) is 0 Å². The van der Waals surface area contributed by atoms with Crippen LogP contribution in [-0.2, 0) is 16.1 Å². The minimum atomic E-state index is -0.243. The highest BCUT2D eigenvalue weighted by Gasteiger charge is 2.38. The normalized spacial score (nSPS) is 23.4. The van der Waals surface area contributed by atoms with Gasteiger partial charge >= 0.3 is 0 Å². The fourth-order valence-electron chi connectivity index (χ4n) is 2.75. The first kappa shape index (κ1) is 13.9. The maximum absolute atomic E-state index is 12.6. The van der Waals surface area contributed by atoms with Gasteiger partial charge in [0.1, 0.15) is 6.04 Å². The van der Waals surface area contributed by atoms with Crippen molar-refractivity contribution in [1.29, 1.82) is 0 Å². The number of likely N-dealkylation sites (tertiary alicyclic amines) is 1. The third kappa shape index (κ3) is 2.86. The van der Waals surface area contributed by atoms with Crippen molar-refractivity contribution in [3.63, 3.8) is 0 Å². The molecule has 2 aliphatic rings. The summed E-state index contributed by atoms with van der Waals surface area (Å²) in [5, 5.41) is 2.01. The third-order valence-corrected chi connectivity index (χ3v) is 5.65. The summed E-state index contributed by atoms with van der Waals surface area (Å²) in [5.41, 5.74) is 0. The van der Waals surface area contributed by atoms with Crippen molar-refractivity contribution >= 4 is 34.9 Å². The Hall–Kier alpha value is -1.01. The lowest BCUT2D eigenvalue weighted by Crippen LogP contribution is -2.49. The van der Waals surface area contributed by atoms with Crippen molar-refractivity contribution in [3.8, 4) is 0 Å². The van der Waals surface area contributed by atoms with Gasteiger partial charge in [-0.05, 0) is 17.9 Å². The second-order valence-corrected chi connectivity index (χ2v) is 7.35. The molecule has 3 heterocycles. The van der Waals surface area contributed by atoms with Gasteiger partial charge in [0.2, 0.25) is 11.8 Å². The Labute approximate surface area is 127 Å². The molecule has 1 atom stereocenters. The third-order valence-electron chi connectivity index (χ3n) is 3.84. The summed E-state index contributed by atoms with van der Waals surface area (Å²) in [6.07, 6.45) is 1.18. The molecule has 0 radical (unpaired) electrons. The number of rotatable bonds is 3. The number of hydrogen-bond donors (Lipinski definition) is 0. The quantitative estimate of drug-likeness (QED) is 0.855. The number of carbonyl (C=O) groups excluding carboxylic acids is 2. The molecule has 0 bridgehead atoms. The fraction of sp³-hybridized carbons (Fsp3) is 0.571. The average molecular weight is 310 g/mol. The summed E-state index contributed by atoms with van der Waals surface area (Å²) in [5.74, 6) is 2.28. The summed E-state index contributed by atoms with van der Waals surface area (Å²) in [6, 6.07) is 3.77. The maximum Gasteiger partial charge on any atom is 0.245 e. The number of amides is 2. The molecule has 2 amide bonds. The molecule has 0 unspecified atom stereocenters. The van der Waals surface area contributed by atoms with E-state index in [4.69, 9.17) is 0 Å². The van der Waals surface area contributed by atoms with Crippen molar-refractivity contribution in [2.75, 3.05) is 24.6 Å². The van der Waals surface area contributed by atoms with Crippen LogP contribution in [0.15, 0.2) is 17.5 Å². The Morgan fingerprint density at radius 1 is 1.35 bits per heavy atom.